The van der Waals surface area contributed by atoms with Gasteiger partial charge in [0, 0.05) is 11.6 Å². The van der Waals surface area contributed by atoms with Crippen molar-refractivity contribution in [2.24, 2.45) is 0 Å². The molecular formula is C19H17NO6S. The lowest BCUT2D eigenvalue weighted by Gasteiger charge is -2.18. The Labute approximate surface area is 157 Å². The van der Waals surface area contributed by atoms with Gasteiger partial charge in [-0.25, -0.2) is 8.42 Å². The molecule has 0 atom stereocenters. The van der Waals surface area contributed by atoms with E-state index in [1.807, 2.05) is 6.07 Å². The number of hydrogen-bond donors (Lipinski definition) is 0. The molecule has 0 fully saturated rings. The average molecular weight is 387 g/mol. The topological polar surface area (TPSA) is 103 Å². The standard InChI is InChI=1S/C19H17NO6S/c20-12-14-3-1-2-4-15(14)13-26-19(21)7-10-27(22,23)16-5-6-17-18(11-16)25-9-8-24-17/h1-6,11H,7-10,13H2. The van der Waals surface area contributed by atoms with Crippen molar-refractivity contribution in [1.29, 1.82) is 5.26 Å². The number of carbonyl (C=O) groups is 1. The highest BCUT2D eigenvalue weighted by Crippen LogP contribution is 2.32. The fourth-order valence-corrected chi connectivity index (χ4v) is 3.77. The Morgan fingerprint density at radius 3 is 2.63 bits per heavy atom. The second-order valence-corrected chi connectivity index (χ2v) is 7.91. The van der Waals surface area contributed by atoms with Gasteiger partial charge < -0.3 is 14.2 Å². The summed E-state index contributed by atoms with van der Waals surface area (Å²) in [5, 5.41) is 9.02. The summed E-state index contributed by atoms with van der Waals surface area (Å²) in [7, 11) is -3.67. The van der Waals surface area contributed by atoms with Crippen LogP contribution in [0.15, 0.2) is 47.4 Å². The van der Waals surface area contributed by atoms with Gasteiger partial charge >= 0.3 is 5.97 Å². The van der Waals surface area contributed by atoms with E-state index in [4.69, 9.17) is 19.5 Å². The highest BCUT2D eigenvalue weighted by atomic mass is 32.2. The number of nitrogens with zero attached hydrogens (tertiary/aromatic N) is 1. The van der Waals surface area contributed by atoms with Crippen LogP contribution in [0, 0.1) is 11.3 Å². The molecule has 0 spiro atoms. The normalized spacial score (nSPS) is 12.9. The van der Waals surface area contributed by atoms with Gasteiger partial charge in [-0.15, -0.1) is 0 Å². The molecule has 0 aliphatic carbocycles. The Morgan fingerprint density at radius 1 is 1.11 bits per heavy atom. The van der Waals surface area contributed by atoms with Crippen LogP contribution in [0.5, 0.6) is 11.5 Å². The van der Waals surface area contributed by atoms with Crippen LogP contribution in [0.1, 0.15) is 17.5 Å². The van der Waals surface area contributed by atoms with Crippen LogP contribution >= 0.6 is 0 Å². The van der Waals surface area contributed by atoms with E-state index in [2.05, 4.69) is 0 Å². The Hall–Kier alpha value is -3.05. The predicted octanol–water partition coefficient (Wildman–Crippen LogP) is 2.24. The largest absolute Gasteiger partial charge is 0.486 e. The van der Waals surface area contributed by atoms with E-state index in [1.54, 1.807) is 30.3 Å². The number of ether oxygens (including phenoxy) is 3. The number of benzene rings is 2. The zero-order chi connectivity index (χ0) is 19.3. The van der Waals surface area contributed by atoms with Gasteiger partial charge in [-0.3, -0.25) is 4.79 Å². The van der Waals surface area contributed by atoms with Gasteiger partial charge in [-0.2, -0.15) is 5.26 Å². The molecule has 0 saturated heterocycles. The summed E-state index contributed by atoms with van der Waals surface area (Å²) in [6.45, 7) is 0.694. The molecule has 1 aliphatic heterocycles. The van der Waals surface area contributed by atoms with E-state index in [9.17, 15) is 13.2 Å². The first-order chi connectivity index (χ1) is 13.0. The van der Waals surface area contributed by atoms with Crippen molar-refractivity contribution in [3.8, 4) is 17.6 Å². The predicted molar refractivity (Wildman–Crippen MR) is 95.1 cm³/mol. The van der Waals surface area contributed by atoms with Crippen LogP contribution in [0.2, 0.25) is 0 Å². The van der Waals surface area contributed by atoms with E-state index in [1.165, 1.54) is 12.1 Å². The molecule has 1 aliphatic rings. The van der Waals surface area contributed by atoms with Crippen LogP contribution in [-0.4, -0.2) is 33.4 Å². The van der Waals surface area contributed by atoms with Crippen molar-refractivity contribution >= 4 is 15.8 Å². The summed E-state index contributed by atoms with van der Waals surface area (Å²) < 4.78 is 40.7. The molecule has 3 rings (SSSR count). The van der Waals surface area contributed by atoms with Crippen molar-refractivity contribution < 1.29 is 27.4 Å². The molecule has 0 amide bonds. The van der Waals surface area contributed by atoms with Gasteiger partial charge in [0.2, 0.25) is 0 Å². The highest BCUT2D eigenvalue weighted by Gasteiger charge is 2.21. The van der Waals surface area contributed by atoms with Crippen LogP contribution in [0.4, 0.5) is 0 Å². The smallest absolute Gasteiger partial charge is 0.307 e. The molecule has 140 valence electrons. The lowest BCUT2D eigenvalue weighted by atomic mass is 10.1. The van der Waals surface area contributed by atoms with Crippen LogP contribution < -0.4 is 9.47 Å². The first kappa shape index (κ1) is 18.7. The SMILES string of the molecule is N#Cc1ccccc1COC(=O)CCS(=O)(=O)c1ccc2c(c1)OCCO2. The van der Waals surface area contributed by atoms with Crippen molar-refractivity contribution in [2.75, 3.05) is 19.0 Å². The third-order valence-corrected chi connectivity index (χ3v) is 5.69. The average Bonchev–Trinajstić information content (AvgIpc) is 2.70. The number of hydrogen-bond acceptors (Lipinski definition) is 7. The van der Waals surface area contributed by atoms with E-state index in [0.717, 1.165) is 0 Å². The zero-order valence-corrected chi connectivity index (χ0v) is 15.2. The van der Waals surface area contributed by atoms with Gasteiger partial charge in [0.05, 0.1) is 28.7 Å². The molecule has 0 bridgehead atoms. The summed E-state index contributed by atoms with van der Waals surface area (Å²) in [5.41, 5.74) is 0.984. The Bertz CT molecular complexity index is 993. The van der Waals surface area contributed by atoms with Crippen molar-refractivity contribution in [2.45, 2.75) is 17.9 Å². The molecule has 7 nitrogen and oxygen atoms in total. The Kier molecular flexibility index (Phi) is 5.62. The quantitative estimate of drug-likeness (QED) is 0.700. The summed E-state index contributed by atoms with van der Waals surface area (Å²) in [5.74, 6) is -0.164. The van der Waals surface area contributed by atoms with Gasteiger partial charge in [0.1, 0.15) is 19.8 Å². The van der Waals surface area contributed by atoms with Gasteiger partial charge in [0.15, 0.2) is 21.3 Å². The maximum absolute atomic E-state index is 12.4. The van der Waals surface area contributed by atoms with Gasteiger partial charge in [0.25, 0.3) is 0 Å². The number of esters is 1. The summed E-state index contributed by atoms with van der Waals surface area (Å²) >= 11 is 0. The highest BCUT2D eigenvalue weighted by molar-refractivity contribution is 7.91. The third-order valence-electron chi connectivity index (χ3n) is 3.97. The Morgan fingerprint density at radius 2 is 1.85 bits per heavy atom. The van der Waals surface area contributed by atoms with Gasteiger partial charge in [-0.05, 0) is 18.2 Å². The number of rotatable bonds is 6. The minimum atomic E-state index is -3.67. The summed E-state index contributed by atoms with van der Waals surface area (Å²) in [6.07, 6.45) is -0.286. The maximum Gasteiger partial charge on any atom is 0.307 e. The van der Waals surface area contributed by atoms with Crippen LogP contribution in [0.25, 0.3) is 0 Å². The number of carbonyl (C=O) groups excluding carboxylic acids is 1. The van der Waals surface area contributed by atoms with Crippen molar-refractivity contribution in [3.63, 3.8) is 0 Å². The monoisotopic (exact) mass is 387 g/mol. The third kappa shape index (κ3) is 4.57. The number of fused-ring (bicyclic) bond motifs is 1. The van der Waals surface area contributed by atoms with E-state index in [0.29, 0.717) is 35.8 Å². The summed E-state index contributed by atoms with van der Waals surface area (Å²) in [4.78, 5) is 12.0. The van der Waals surface area contributed by atoms with Gasteiger partial charge in [-0.1, -0.05) is 18.2 Å². The minimum Gasteiger partial charge on any atom is -0.486 e. The maximum atomic E-state index is 12.4. The van der Waals surface area contributed by atoms with Crippen molar-refractivity contribution in [3.05, 3.63) is 53.6 Å². The molecule has 2 aromatic rings. The van der Waals surface area contributed by atoms with E-state index in [-0.39, 0.29) is 23.7 Å². The number of nitriles is 1. The lowest BCUT2D eigenvalue weighted by molar-refractivity contribution is -0.144. The Balaban J connectivity index is 1.58. The first-order valence-electron chi connectivity index (χ1n) is 8.25. The molecule has 1 heterocycles. The molecule has 0 aromatic heterocycles. The van der Waals surface area contributed by atoms with E-state index >= 15 is 0 Å². The zero-order valence-electron chi connectivity index (χ0n) is 14.4. The van der Waals surface area contributed by atoms with E-state index < -0.39 is 15.8 Å². The molecule has 8 heteroatoms. The number of sulfone groups is 1. The second kappa shape index (κ2) is 8.10. The second-order valence-electron chi connectivity index (χ2n) is 5.80. The molecule has 0 radical (unpaired) electrons. The molecule has 0 saturated carbocycles. The molecule has 0 unspecified atom stereocenters. The molecular weight excluding hydrogens is 370 g/mol. The molecule has 2 aromatic carbocycles. The fraction of sp³-hybridized carbons (Fsp3) is 0.263. The first-order valence-corrected chi connectivity index (χ1v) is 9.91. The lowest BCUT2D eigenvalue weighted by Crippen LogP contribution is -2.17. The fourth-order valence-electron chi connectivity index (χ4n) is 2.54. The van der Waals surface area contributed by atoms with Crippen LogP contribution in [-0.2, 0) is 26.0 Å². The van der Waals surface area contributed by atoms with Crippen molar-refractivity contribution in [1.82, 2.24) is 0 Å². The van der Waals surface area contributed by atoms with Crippen LogP contribution in [0.3, 0.4) is 0 Å². The molecule has 27 heavy (non-hydrogen) atoms. The molecule has 0 N–H and O–H groups in total. The minimum absolute atomic E-state index is 0.0642. The summed E-state index contributed by atoms with van der Waals surface area (Å²) in [6, 6.07) is 13.1.